The van der Waals surface area contributed by atoms with Gasteiger partial charge in [-0.25, -0.2) is 4.98 Å². The maximum Gasteiger partial charge on any atom is 0.189 e. The Morgan fingerprint density at radius 1 is 1.59 bits per heavy atom. The fourth-order valence-corrected chi connectivity index (χ4v) is 2.26. The van der Waals surface area contributed by atoms with Crippen LogP contribution < -0.4 is 10.6 Å². The number of hydrogen-bond acceptors (Lipinski definition) is 4. The standard InChI is InChI=1S/C11H13N3OS2/c1-5-6(2)12-10(16)14-11-13-7(3)9(17-11)8(4)15/h5H,1-2H2,3-4H3,(H2,12,13,14,16). The lowest BCUT2D eigenvalue weighted by molar-refractivity contribution is 0.102. The van der Waals surface area contributed by atoms with Gasteiger partial charge in [-0.3, -0.25) is 4.79 Å². The molecule has 0 fully saturated rings. The zero-order valence-corrected chi connectivity index (χ0v) is 11.3. The summed E-state index contributed by atoms with van der Waals surface area (Å²) in [5, 5.41) is 6.67. The normalized spacial score (nSPS) is 9.53. The summed E-state index contributed by atoms with van der Waals surface area (Å²) in [6.07, 6.45) is 1.56. The molecule has 1 aromatic heterocycles. The van der Waals surface area contributed by atoms with Crippen LogP contribution in [-0.4, -0.2) is 15.9 Å². The summed E-state index contributed by atoms with van der Waals surface area (Å²) in [7, 11) is 0. The van der Waals surface area contributed by atoms with Crippen molar-refractivity contribution in [3.05, 3.63) is 35.5 Å². The second-order valence-electron chi connectivity index (χ2n) is 3.30. The highest BCUT2D eigenvalue weighted by atomic mass is 32.1. The predicted octanol–water partition coefficient (Wildman–Crippen LogP) is 2.64. The van der Waals surface area contributed by atoms with Crippen molar-refractivity contribution in [2.24, 2.45) is 0 Å². The molecule has 0 aromatic carbocycles. The molecule has 0 saturated heterocycles. The summed E-state index contributed by atoms with van der Waals surface area (Å²) < 4.78 is 0. The van der Waals surface area contributed by atoms with Crippen LogP contribution in [-0.2, 0) is 0 Å². The molecule has 1 aromatic rings. The van der Waals surface area contributed by atoms with Crippen LogP contribution in [0, 0.1) is 6.92 Å². The average Bonchev–Trinajstić information content (AvgIpc) is 2.59. The number of aromatic nitrogens is 1. The van der Waals surface area contributed by atoms with Gasteiger partial charge in [-0.1, -0.05) is 24.5 Å². The Morgan fingerprint density at radius 3 is 2.71 bits per heavy atom. The van der Waals surface area contributed by atoms with E-state index in [2.05, 4.69) is 28.8 Å². The molecule has 4 nitrogen and oxygen atoms in total. The van der Waals surface area contributed by atoms with E-state index in [1.165, 1.54) is 18.3 Å². The molecule has 6 heteroatoms. The van der Waals surface area contributed by atoms with Crippen molar-refractivity contribution >= 4 is 39.6 Å². The van der Waals surface area contributed by atoms with Crippen LogP contribution in [0.2, 0.25) is 0 Å². The molecule has 1 rings (SSSR count). The molecule has 0 radical (unpaired) electrons. The van der Waals surface area contributed by atoms with E-state index in [-0.39, 0.29) is 5.78 Å². The van der Waals surface area contributed by atoms with E-state index in [9.17, 15) is 4.79 Å². The van der Waals surface area contributed by atoms with Gasteiger partial charge in [0.05, 0.1) is 10.6 Å². The summed E-state index contributed by atoms with van der Waals surface area (Å²) in [6, 6.07) is 0. The smallest absolute Gasteiger partial charge is 0.189 e. The van der Waals surface area contributed by atoms with Crippen molar-refractivity contribution in [2.45, 2.75) is 13.8 Å². The number of thiazole rings is 1. The van der Waals surface area contributed by atoms with E-state index in [1.807, 2.05) is 0 Å². The third-order valence-corrected chi connectivity index (χ3v) is 3.24. The number of carbonyl (C=O) groups is 1. The number of nitrogens with one attached hydrogen (secondary N) is 2. The number of Topliss-reactive ketones (excluding diaryl/α,β-unsaturated/α-hetero) is 1. The molecule has 0 bridgehead atoms. The molecule has 0 aliphatic rings. The van der Waals surface area contributed by atoms with E-state index in [1.54, 1.807) is 13.0 Å². The second-order valence-corrected chi connectivity index (χ2v) is 4.71. The zero-order chi connectivity index (χ0) is 13.0. The SMILES string of the molecule is C=CC(=C)NC(=S)Nc1nc(C)c(C(C)=O)s1. The van der Waals surface area contributed by atoms with Crippen LogP contribution in [0.3, 0.4) is 0 Å². The Morgan fingerprint density at radius 2 is 2.24 bits per heavy atom. The van der Waals surface area contributed by atoms with Crippen molar-refractivity contribution in [1.82, 2.24) is 10.3 Å². The lowest BCUT2D eigenvalue weighted by Crippen LogP contribution is -2.26. The largest absolute Gasteiger partial charge is 0.333 e. The maximum atomic E-state index is 11.3. The highest BCUT2D eigenvalue weighted by Gasteiger charge is 2.11. The molecule has 17 heavy (non-hydrogen) atoms. The first-order valence-electron chi connectivity index (χ1n) is 4.81. The van der Waals surface area contributed by atoms with Gasteiger partial charge in [-0.15, -0.1) is 0 Å². The fourth-order valence-electron chi connectivity index (χ4n) is 1.10. The van der Waals surface area contributed by atoms with Crippen LogP contribution in [0.25, 0.3) is 0 Å². The quantitative estimate of drug-likeness (QED) is 0.499. The molecule has 0 saturated carbocycles. The summed E-state index contributed by atoms with van der Waals surface area (Å²) in [5.41, 5.74) is 1.30. The minimum atomic E-state index is 0.00225. The van der Waals surface area contributed by atoms with Crippen LogP contribution in [0.1, 0.15) is 22.3 Å². The Balaban J connectivity index is 2.72. The number of rotatable bonds is 4. The predicted molar refractivity (Wildman–Crippen MR) is 75.5 cm³/mol. The fraction of sp³-hybridized carbons (Fsp3) is 0.182. The van der Waals surface area contributed by atoms with Gasteiger partial charge < -0.3 is 10.6 Å². The topological polar surface area (TPSA) is 54.0 Å². The average molecular weight is 267 g/mol. The highest BCUT2D eigenvalue weighted by Crippen LogP contribution is 2.22. The first-order valence-corrected chi connectivity index (χ1v) is 6.04. The molecular formula is C11H13N3OS2. The highest BCUT2D eigenvalue weighted by molar-refractivity contribution is 7.80. The van der Waals surface area contributed by atoms with E-state index in [4.69, 9.17) is 12.2 Å². The van der Waals surface area contributed by atoms with Gasteiger partial charge in [0, 0.05) is 12.6 Å². The molecule has 0 spiro atoms. The van der Waals surface area contributed by atoms with Gasteiger partial charge in [0.25, 0.3) is 0 Å². The molecule has 90 valence electrons. The first-order chi connectivity index (χ1) is 7.93. The van der Waals surface area contributed by atoms with Crippen LogP contribution in [0.4, 0.5) is 5.13 Å². The van der Waals surface area contributed by atoms with Crippen molar-refractivity contribution in [3.63, 3.8) is 0 Å². The lowest BCUT2D eigenvalue weighted by atomic mass is 10.3. The molecule has 2 N–H and O–H groups in total. The summed E-state index contributed by atoms with van der Waals surface area (Å²) >= 11 is 6.32. The summed E-state index contributed by atoms with van der Waals surface area (Å²) in [4.78, 5) is 16.1. The Labute approximate surface area is 109 Å². The molecule has 1 heterocycles. The Bertz CT molecular complexity index is 491. The molecule has 0 atom stereocenters. The molecule has 0 unspecified atom stereocenters. The van der Waals surface area contributed by atoms with E-state index in [0.29, 0.717) is 26.5 Å². The van der Waals surface area contributed by atoms with E-state index >= 15 is 0 Å². The van der Waals surface area contributed by atoms with Crippen LogP contribution in [0.15, 0.2) is 24.9 Å². The summed E-state index contributed by atoms with van der Waals surface area (Å²) in [5.74, 6) is 0.00225. The maximum absolute atomic E-state index is 11.3. The first kappa shape index (κ1) is 13.5. The van der Waals surface area contributed by atoms with Crippen molar-refractivity contribution in [1.29, 1.82) is 0 Å². The Hall–Kier alpha value is -1.53. The van der Waals surface area contributed by atoms with E-state index < -0.39 is 0 Å². The van der Waals surface area contributed by atoms with Gasteiger partial charge in [0.1, 0.15) is 0 Å². The number of allylic oxidation sites excluding steroid dienone is 1. The second kappa shape index (κ2) is 5.70. The number of carbonyl (C=O) groups excluding carboxylic acids is 1. The van der Waals surface area contributed by atoms with Gasteiger partial charge in [0.2, 0.25) is 0 Å². The van der Waals surface area contributed by atoms with Gasteiger partial charge in [-0.2, -0.15) is 0 Å². The Kier molecular flexibility index (Phi) is 4.53. The molecule has 0 aliphatic carbocycles. The number of anilines is 1. The van der Waals surface area contributed by atoms with Crippen molar-refractivity contribution < 1.29 is 4.79 Å². The van der Waals surface area contributed by atoms with Crippen molar-refractivity contribution in [2.75, 3.05) is 5.32 Å². The molecular weight excluding hydrogens is 254 g/mol. The van der Waals surface area contributed by atoms with Crippen molar-refractivity contribution in [3.8, 4) is 0 Å². The molecule has 0 amide bonds. The zero-order valence-electron chi connectivity index (χ0n) is 9.66. The number of thiocarbonyl (C=S) groups is 1. The number of aryl methyl sites for hydroxylation is 1. The number of nitrogens with zero attached hydrogens (tertiary/aromatic N) is 1. The van der Waals surface area contributed by atoms with E-state index in [0.717, 1.165) is 0 Å². The molecule has 0 aliphatic heterocycles. The third-order valence-electron chi connectivity index (χ3n) is 1.86. The monoisotopic (exact) mass is 267 g/mol. The van der Waals surface area contributed by atoms with Gasteiger partial charge in [0.15, 0.2) is 16.0 Å². The minimum absolute atomic E-state index is 0.00225. The number of ketones is 1. The minimum Gasteiger partial charge on any atom is -0.333 e. The third kappa shape index (κ3) is 3.76. The summed E-state index contributed by atoms with van der Waals surface area (Å²) in [6.45, 7) is 10.5. The van der Waals surface area contributed by atoms with Gasteiger partial charge >= 0.3 is 0 Å². The van der Waals surface area contributed by atoms with Crippen LogP contribution in [0.5, 0.6) is 0 Å². The van der Waals surface area contributed by atoms with Crippen LogP contribution >= 0.6 is 23.6 Å². The lowest BCUT2D eigenvalue weighted by Gasteiger charge is -2.06. The number of hydrogen-bond donors (Lipinski definition) is 2. The van der Waals surface area contributed by atoms with Gasteiger partial charge in [-0.05, 0) is 25.2 Å².